The molecule has 6 heteroatoms. The standard InChI is InChI=1S/C12H19N3O3/c1-3-9-14-10(18-15-9)5-7-13-11(16)12(2)6-4-8-17-12/h3-8H2,1-2H3,(H,13,16)/t12-/m1/s1. The molecule has 6 nitrogen and oxygen atoms in total. The van der Waals surface area contributed by atoms with E-state index in [-0.39, 0.29) is 5.91 Å². The van der Waals surface area contributed by atoms with Gasteiger partial charge in [0.15, 0.2) is 5.82 Å². The van der Waals surface area contributed by atoms with E-state index in [2.05, 4.69) is 15.5 Å². The summed E-state index contributed by atoms with van der Waals surface area (Å²) in [6, 6.07) is 0. The van der Waals surface area contributed by atoms with Crippen molar-refractivity contribution in [2.24, 2.45) is 0 Å². The Bertz CT molecular complexity index is 410. The van der Waals surface area contributed by atoms with Crippen LogP contribution < -0.4 is 5.32 Å². The fourth-order valence-electron chi connectivity index (χ4n) is 1.96. The molecule has 0 bridgehead atoms. The number of carbonyl (C=O) groups is 1. The predicted octanol–water partition coefficient (Wildman–Crippen LogP) is 0.860. The van der Waals surface area contributed by atoms with Crippen molar-refractivity contribution in [3.63, 3.8) is 0 Å². The van der Waals surface area contributed by atoms with Crippen molar-refractivity contribution < 1.29 is 14.1 Å². The van der Waals surface area contributed by atoms with Crippen molar-refractivity contribution >= 4 is 5.91 Å². The van der Waals surface area contributed by atoms with Crippen LogP contribution in [0.15, 0.2) is 4.52 Å². The summed E-state index contributed by atoms with van der Waals surface area (Å²) in [5.74, 6) is 1.20. The zero-order valence-corrected chi connectivity index (χ0v) is 10.9. The van der Waals surface area contributed by atoms with Crippen molar-refractivity contribution in [2.75, 3.05) is 13.2 Å². The summed E-state index contributed by atoms with van der Waals surface area (Å²) in [7, 11) is 0. The van der Waals surface area contributed by atoms with Crippen molar-refractivity contribution in [3.8, 4) is 0 Å². The van der Waals surface area contributed by atoms with Crippen LogP contribution in [0.3, 0.4) is 0 Å². The summed E-state index contributed by atoms with van der Waals surface area (Å²) in [5, 5.41) is 6.65. The maximum absolute atomic E-state index is 11.9. The molecule has 0 aromatic carbocycles. The molecule has 1 fully saturated rings. The molecule has 100 valence electrons. The van der Waals surface area contributed by atoms with Gasteiger partial charge in [-0.15, -0.1) is 0 Å². The molecule has 0 saturated carbocycles. The Labute approximate surface area is 106 Å². The monoisotopic (exact) mass is 253 g/mol. The number of ether oxygens (including phenoxy) is 1. The third kappa shape index (κ3) is 2.87. The van der Waals surface area contributed by atoms with Crippen molar-refractivity contribution in [1.29, 1.82) is 0 Å². The zero-order chi connectivity index (χ0) is 13.0. The van der Waals surface area contributed by atoms with Crippen LogP contribution in [0.4, 0.5) is 0 Å². The van der Waals surface area contributed by atoms with Gasteiger partial charge in [0.25, 0.3) is 5.91 Å². The number of hydrogen-bond donors (Lipinski definition) is 1. The lowest BCUT2D eigenvalue weighted by atomic mass is 10.0. The highest BCUT2D eigenvalue weighted by Gasteiger charge is 2.37. The zero-order valence-electron chi connectivity index (χ0n) is 10.9. The summed E-state index contributed by atoms with van der Waals surface area (Å²) in [6.07, 6.45) is 3.02. The first-order chi connectivity index (χ1) is 8.64. The average Bonchev–Trinajstić information content (AvgIpc) is 2.99. The molecule has 0 radical (unpaired) electrons. The lowest BCUT2D eigenvalue weighted by Gasteiger charge is -2.21. The lowest BCUT2D eigenvalue weighted by Crippen LogP contribution is -2.44. The molecule has 0 spiro atoms. The van der Waals surface area contributed by atoms with E-state index in [1.54, 1.807) is 0 Å². The summed E-state index contributed by atoms with van der Waals surface area (Å²) in [4.78, 5) is 16.1. The third-order valence-corrected chi connectivity index (χ3v) is 3.15. The van der Waals surface area contributed by atoms with Crippen LogP contribution in [0, 0.1) is 0 Å². The molecule has 18 heavy (non-hydrogen) atoms. The van der Waals surface area contributed by atoms with E-state index in [0.717, 1.165) is 19.3 Å². The fourth-order valence-corrected chi connectivity index (χ4v) is 1.96. The molecular formula is C12H19N3O3. The van der Waals surface area contributed by atoms with Gasteiger partial charge in [-0.2, -0.15) is 4.98 Å². The van der Waals surface area contributed by atoms with E-state index in [9.17, 15) is 4.79 Å². The molecule has 1 atom stereocenters. The van der Waals surface area contributed by atoms with E-state index in [4.69, 9.17) is 9.26 Å². The van der Waals surface area contributed by atoms with Crippen LogP contribution >= 0.6 is 0 Å². The maximum Gasteiger partial charge on any atom is 0.251 e. The van der Waals surface area contributed by atoms with Gasteiger partial charge in [0.2, 0.25) is 5.89 Å². The summed E-state index contributed by atoms with van der Waals surface area (Å²) >= 11 is 0. The molecule has 1 N–H and O–H groups in total. The Morgan fingerprint density at radius 1 is 1.56 bits per heavy atom. The SMILES string of the molecule is CCc1noc(CCNC(=O)[C@@]2(C)CCCO2)n1. The molecule has 1 amide bonds. The molecule has 1 aliphatic rings. The van der Waals surface area contributed by atoms with E-state index >= 15 is 0 Å². The first-order valence-corrected chi connectivity index (χ1v) is 6.38. The molecular weight excluding hydrogens is 234 g/mol. The number of hydrogen-bond acceptors (Lipinski definition) is 5. The lowest BCUT2D eigenvalue weighted by molar-refractivity contribution is -0.139. The molecule has 0 aliphatic carbocycles. The second kappa shape index (κ2) is 5.48. The third-order valence-electron chi connectivity index (χ3n) is 3.15. The number of nitrogens with zero attached hydrogens (tertiary/aromatic N) is 2. The van der Waals surface area contributed by atoms with Gasteiger partial charge in [-0.25, -0.2) is 0 Å². The molecule has 1 aromatic rings. The summed E-state index contributed by atoms with van der Waals surface area (Å²) in [6.45, 7) is 4.95. The molecule has 1 aliphatic heterocycles. The minimum Gasteiger partial charge on any atom is -0.365 e. The van der Waals surface area contributed by atoms with E-state index in [1.807, 2.05) is 13.8 Å². The highest BCUT2D eigenvalue weighted by molar-refractivity contribution is 5.84. The molecule has 1 saturated heterocycles. The normalized spacial score (nSPS) is 23.2. The minimum atomic E-state index is -0.663. The topological polar surface area (TPSA) is 77.2 Å². The number of aromatic nitrogens is 2. The van der Waals surface area contributed by atoms with Crippen molar-refractivity contribution in [1.82, 2.24) is 15.5 Å². The van der Waals surface area contributed by atoms with Gasteiger partial charge >= 0.3 is 0 Å². The van der Waals surface area contributed by atoms with Gasteiger partial charge in [0, 0.05) is 26.0 Å². The van der Waals surface area contributed by atoms with Crippen LogP contribution in [0.1, 0.15) is 38.4 Å². The van der Waals surface area contributed by atoms with E-state index in [1.165, 1.54) is 0 Å². The second-order valence-electron chi connectivity index (χ2n) is 4.65. The maximum atomic E-state index is 11.9. The highest BCUT2D eigenvalue weighted by Crippen LogP contribution is 2.24. The molecule has 0 unspecified atom stereocenters. The average molecular weight is 253 g/mol. The number of rotatable bonds is 5. The Morgan fingerprint density at radius 3 is 3.00 bits per heavy atom. The number of amides is 1. The molecule has 2 heterocycles. The van der Waals surface area contributed by atoms with Gasteiger partial charge in [-0.05, 0) is 19.8 Å². The Kier molecular flexibility index (Phi) is 3.96. The van der Waals surface area contributed by atoms with Gasteiger partial charge in [-0.3, -0.25) is 4.79 Å². The Balaban J connectivity index is 1.76. The Hall–Kier alpha value is -1.43. The first kappa shape index (κ1) is 13.0. The van der Waals surface area contributed by atoms with Crippen LogP contribution in [-0.4, -0.2) is 34.8 Å². The number of aryl methyl sites for hydroxylation is 1. The fraction of sp³-hybridized carbons (Fsp3) is 0.750. The summed E-state index contributed by atoms with van der Waals surface area (Å²) < 4.78 is 10.5. The molecule has 2 rings (SSSR count). The highest BCUT2D eigenvalue weighted by atomic mass is 16.5. The van der Waals surface area contributed by atoms with E-state index < -0.39 is 5.60 Å². The number of nitrogens with one attached hydrogen (secondary N) is 1. The van der Waals surface area contributed by atoms with Crippen LogP contribution in [-0.2, 0) is 22.4 Å². The second-order valence-corrected chi connectivity index (χ2v) is 4.65. The predicted molar refractivity (Wildman–Crippen MR) is 64.0 cm³/mol. The quantitative estimate of drug-likeness (QED) is 0.842. The van der Waals surface area contributed by atoms with Crippen molar-refractivity contribution in [2.45, 2.75) is 45.1 Å². The Morgan fingerprint density at radius 2 is 2.39 bits per heavy atom. The van der Waals surface area contributed by atoms with Crippen LogP contribution in [0.2, 0.25) is 0 Å². The first-order valence-electron chi connectivity index (χ1n) is 6.38. The van der Waals surface area contributed by atoms with E-state index in [0.29, 0.717) is 31.3 Å². The minimum absolute atomic E-state index is 0.0600. The van der Waals surface area contributed by atoms with Crippen LogP contribution in [0.5, 0.6) is 0 Å². The molecule has 1 aromatic heterocycles. The largest absolute Gasteiger partial charge is 0.365 e. The smallest absolute Gasteiger partial charge is 0.251 e. The van der Waals surface area contributed by atoms with Crippen LogP contribution in [0.25, 0.3) is 0 Å². The van der Waals surface area contributed by atoms with Gasteiger partial charge < -0.3 is 14.6 Å². The van der Waals surface area contributed by atoms with Gasteiger partial charge in [0.05, 0.1) is 0 Å². The van der Waals surface area contributed by atoms with Crippen molar-refractivity contribution in [3.05, 3.63) is 11.7 Å². The summed E-state index contributed by atoms with van der Waals surface area (Å²) in [5.41, 5.74) is -0.663. The number of carbonyl (C=O) groups excluding carboxylic acids is 1. The van der Waals surface area contributed by atoms with Gasteiger partial charge in [0.1, 0.15) is 5.60 Å². The van der Waals surface area contributed by atoms with Gasteiger partial charge in [-0.1, -0.05) is 12.1 Å².